The number of benzene rings is 1. The van der Waals surface area contributed by atoms with Gasteiger partial charge in [-0.2, -0.15) is 5.26 Å². The number of nitrogens with one attached hydrogen (secondary N) is 1. The zero-order valence-electron chi connectivity index (χ0n) is 18.8. The first-order chi connectivity index (χ1) is 15.3. The van der Waals surface area contributed by atoms with Gasteiger partial charge in [0, 0.05) is 6.07 Å². The van der Waals surface area contributed by atoms with Gasteiger partial charge in [0.2, 0.25) is 5.91 Å². The number of ether oxygens (including phenoxy) is 2. The summed E-state index contributed by atoms with van der Waals surface area (Å²) in [5, 5.41) is 11.8. The summed E-state index contributed by atoms with van der Waals surface area (Å²) in [6.07, 6.45) is -0.237. The van der Waals surface area contributed by atoms with Crippen LogP contribution in [0.4, 0.5) is 4.79 Å². The van der Waals surface area contributed by atoms with Crippen LogP contribution in [0.25, 0.3) is 0 Å². The number of amides is 1. The summed E-state index contributed by atoms with van der Waals surface area (Å²) in [4.78, 5) is 30.3. The zero-order chi connectivity index (χ0) is 24.6. The fraction of sp³-hybridized carbons (Fsp3) is 0.571. The fourth-order valence-corrected chi connectivity index (χ4v) is 5.64. The molecule has 0 unspecified atom stereocenters. The van der Waals surface area contributed by atoms with Gasteiger partial charge < -0.3 is 19.6 Å². The standard InChI is InChI=1S/C21H26ClN3O7S/c1-20(2,3)31-19(27)32-25-11-14(10-16(25)18(26)24-21(12-23)7-8-21)33(28,29)17-6-5-13(30-4)9-15(17)22/h5-6,9,14,16H,7-8,10-11H2,1-4H3,(H,24,26)/t14-,16+/m1/s1. The number of nitriles is 1. The third-order valence-electron chi connectivity index (χ3n) is 5.31. The van der Waals surface area contributed by atoms with Crippen LogP contribution in [0.2, 0.25) is 5.02 Å². The van der Waals surface area contributed by atoms with Crippen molar-refractivity contribution in [1.29, 1.82) is 5.26 Å². The molecule has 12 heteroatoms. The number of hydroxylamine groups is 2. The fourth-order valence-electron chi connectivity index (χ4n) is 3.42. The van der Waals surface area contributed by atoms with Gasteiger partial charge in [-0.15, -0.1) is 5.06 Å². The number of carbonyl (C=O) groups is 2. The average molecular weight is 500 g/mol. The number of hydrogen-bond acceptors (Lipinski definition) is 9. The maximum atomic E-state index is 13.3. The van der Waals surface area contributed by atoms with Crippen molar-refractivity contribution in [2.45, 2.75) is 67.4 Å². The molecule has 3 rings (SSSR count). The highest BCUT2D eigenvalue weighted by atomic mass is 35.5. The molecule has 1 aliphatic carbocycles. The number of hydrogen-bond donors (Lipinski definition) is 1. The Labute approximate surface area is 197 Å². The molecule has 2 fully saturated rings. The van der Waals surface area contributed by atoms with E-state index >= 15 is 0 Å². The van der Waals surface area contributed by atoms with Crippen LogP contribution in [0.1, 0.15) is 40.0 Å². The van der Waals surface area contributed by atoms with Gasteiger partial charge in [-0.25, -0.2) is 13.2 Å². The van der Waals surface area contributed by atoms with Gasteiger partial charge in [0.25, 0.3) is 0 Å². The van der Waals surface area contributed by atoms with E-state index in [0.29, 0.717) is 18.6 Å². The quantitative estimate of drug-likeness (QED) is 0.585. The first-order valence-corrected chi connectivity index (χ1v) is 12.2. The largest absolute Gasteiger partial charge is 0.528 e. The van der Waals surface area contributed by atoms with Gasteiger partial charge in [0.15, 0.2) is 9.84 Å². The summed E-state index contributed by atoms with van der Waals surface area (Å²) >= 11 is 6.18. The first-order valence-electron chi connectivity index (χ1n) is 10.3. The predicted octanol–water partition coefficient (Wildman–Crippen LogP) is 2.60. The second-order valence-electron chi connectivity index (χ2n) is 9.05. The van der Waals surface area contributed by atoms with Crippen LogP contribution in [-0.4, -0.2) is 61.6 Å². The summed E-state index contributed by atoms with van der Waals surface area (Å²) in [6, 6.07) is 5.11. The maximum absolute atomic E-state index is 13.3. The minimum Gasteiger partial charge on any atom is -0.497 e. The normalized spacial score (nSPS) is 22.2. The van der Waals surface area contributed by atoms with Gasteiger partial charge in [0.05, 0.1) is 34.9 Å². The van der Waals surface area contributed by atoms with E-state index < -0.39 is 44.3 Å². The summed E-state index contributed by atoms with van der Waals surface area (Å²) in [5.41, 5.74) is -1.82. The van der Waals surface area contributed by atoms with Gasteiger partial charge >= 0.3 is 6.16 Å². The Balaban J connectivity index is 1.85. The monoisotopic (exact) mass is 499 g/mol. The number of methoxy groups -OCH3 is 1. The molecule has 1 heterocycles. The zero-order valence-corrected chi connectivity index (χ0v) is 20.3. The third-order valence-corrected chi connectivity index (χ3v) is 7.93. The molecule has 1 aliphatic heterocycles. The molecule has 1 N–H and O–H groups in total. The smallest absolute Gasteiger partial charge is 0.497 e. The average Bonchev–Trinajstić information content (AvgIpc) is 3.35. The third kappa shape index (κ3) is 5.69. The molecule has 33 heavy (non-hydrogen) atoms. The molecule has 10 nitrogen and oxygen atoms in total. The number of carbonyl (C=O) groups excluding carboxylic acids is 2. The van der Waals surface area contributed by atoms with Gasteiger partial charge in [-0.05, 0) is 52.2 Å². The van der Waals surface area contributed by atoms with Crippen LogP contribution in [0.5, 0.6) is 5.75 Å². The minimum atomic E-state index is -4.00. The molecule has 1 saturated carbocycles. The Hall–Kier alpha value is -2.55. The van der Waals surface area contributed by atoms with E-state index in [-0.39, 0.29) is 22.9 Å². The van der Waals surface area contributed by atoms with Gasteiger partial charge in [-0.3, -0.25) is 4.79 Å². The van der Waals surface area contributed by atoms with Crippen LogP contribution < -0.4 is 10.1 Å². The lowest BCUT2D eigenvalue weighted by Gasteiger charge is -2.25. The lowest BCUT2D eigenvalue weighted by Crippen LogP contribution is -2.48. The maximum Gasteiger partial charge on any atom is 0.528 e. The molecule has 0 radical (unpaired) electrons. The molecule has 1 amide bonds. The van der Waals surface area contributed by atoms with Crippen molar-refractivity contribution in [3.63, 3.8) is 0 Å². The van der Waals surface area contributed by atoms with Crippen molar-refractivity contribution in [3.8, 4) is 11.8 Å². The second kappa shape index (κ2) is 9.00. The minimum absolute atomic E-state index is 0.0247. The Bertz CT molecular complexity index is 1090. The number of rotatable bonds is 6. The van der Waals surface area contributed by atoms with Gasteiger partial charge in [-0.1, -0.05) is 11.6 Å². The molecule has 0 bridgehead atoms. The molecule has 2 aliphatic rings. The second-order valence-corrected chi connectivity index (χ2v) is 11.7. The van der Waals surface area contributed by atoms with Crippen LogP contribution in [0, 0.1) is 11.3 Å². The molecule has 2 atom stereocenters. The van der Waals surface area contributed by atoms with E-state index in [1.54, 1.807) is 20.8 Å². The Morgan fingerprint density at radius 2 is 1.97 bits per heavy atom. The number of nitrogens with zero attached hydrogens (tertiary/aromatic N) is 2. The van der Waals surface area contributed by atoms with Crippen molar-refractivity contribution in [1.82, 2.24) is 10.4 Å². The molecule has 0 aromatic heterocycles. The SMILES string of the molecule is COc1ccc(S(=O)(=O)[C@@H]2C[C@@H](C(=O)NC3(C#N)CC3)N(OC(=O)OC(C)(C)C)C2)c(Cl)c1. The van der Waals surface area contributed by atoms with E-state index in [1.165, 1.54) is 25.3 Å². The van der Waals surface area contributed by atoms with E-state index in [2.05, 4.69) is 5.32 Å². The summed E-state index contributed by atoms with van der Waals surface area (Å²) < 4.78 is 36.9. The van der Waals surface area contributed by atoms with Crippen LogP contribution in [-0.2, 0) is 24.2 Å². The Morgan fingerprint density at radius 3 is 2.48 bits per heavy atom. The first kappa shape index (κ1) is 25.1. The Morgan fingerprint density at radius 1 is 1.30 bits per heavy atom. The highest BCUT2D eigenvalue weighted by molar-refractivity contribution is 7.92. The topological polar surface area (TPSA) is 135 Å². The number of sulfone groups is 1. The molecule has 0 spiro atoms. The molecular weight excluding hydrogens is 474 g/mol. The number of halogens is 1. The van der Waals surface area contributed by atoms with Crippen LogP contribution >= 0.6 is 11.6 Å². The van der Waals surface area contributed by atoms with E-state index in [4.69, 9.17) is 25.9 Å². The Kier molecular flexibility index (Phi) is 6.84. The molecule has 180 valence electrons. The van der Waals surface area contributed by atoms with Crippen molar-refractivity contribution in [3.05, 3.63) is 23.2 Å². The van der Waals surface area contributed by atoms with Crippen molar-refractivity contribution >= 4 is 33.5 Å². The molecule has 1 saturated heterocycles. The highest BCUT2D eigenvalue weighted by Crippen LogP contribution is 2.37. The van der Waals surface area contributed by atoms with Gasteiger partial charge in [0.1, 0.15) is 22.9 Å². The van der Waals surface area contributed by atoms with Crippen molar-refractivity contribution in [2.24, 2.45) is 0 Å². The molecular formula is C21H26ClN3O7S. The lowest BCUT2D eigenvalue weighted by molar-refractivity contribution is -0.162. The molecule has 1 aromatic carbocycles. The van der Waals surface area contributed by atoms with E-state index in [1.807, 2.05) is 6.07 Å². The summed E-state index contributed by atoms with van der Waals surface area (Å²) in [5.74, 6) is -0.208. The van der Waals surface area contributed by atoms with Crippen molar-refractivity contribution < 1.29 is 32.3 Å². The predicted molar refractivity (Wildman–Crippen MR) is 117 cm³/mol. The summed E-state index contributed by atoms with van der Waals surface area (Å²) in [6.45, 7) is 4.66. The van der Waals surface area contributed by atoms with Crippen LogP contribution in [0.3, 0.4) is 0 Å². The van der Waals surface area contributed by atoms with Crippen LogP contribution in [0.15, 0.2) is 23.1 Å². The molecule has 1 aromatic rings. The van der Waals surface area contributed by atoms with Crippen molar-refractivity contribution in [2.75, 3.05) is 13.7 Å². The van der Waals surface area contributed by atoms with E-state index in [9.17, 15) is 23.3 Å². The van der Waals surface area contributed by atoms with E-state index in [0.717, 1.165) is 5.06 Å². The highest BCUT2D eigenvalue weighted by Gasteiger charge is 2.51. The summed E-state index contributed by atoms with van der Waals surface area (Å²) in [7, 11) is -2.57. The lowest BCUT2D eigenvalue weighted by atomic mass is 10.2.